The van der Waals surface area contributed by atoms with Gasteiger partial charge in [0.2, 0.25) is 21.8 Å². The van der Waals surface area contributed by atoms with Crippen LogP contribution >= 0.6 is 11.8 Å². The largest absolute Gasteiger partial charge is 0.379 e. The van der Waals surface area contributed by atoms with Crippen molar-refractivity contribution in [1.82, 2.24) is 9.21 Å². The lowest BCUT2D eigenvalue weighted by molar-refractivity contribution is -0.133. The van der Waals surface area contributed by atoms with E-state index in [9.17, 15) is 18.0 Å². The van der Waals surface area contributed by atoms with Gasteiger partial charge in [-0.3, -0.25) is 9.59 Å². The molecule has 0 bridgehead atoms. The third kappa shape index (κ3) is 4.76. The normalized spacial score (nSPS) is 25.4. The predicted octanol–water partition coefficient (Wildman–Crippen LogP) is 1.65. The van der Waals surface area contributed by atoms with Crippen LogP contribution in [0.5, 0.6) is 0 Å². The summed E-state index contributed by atoms with van der Waals surface area (Å²) < 4.78 is 32.8. The van der Waals surface area contributed by atoms with Gasteiger partial charge in [0.15, 0.2) is 0 Å². The Morgan fingerprint density at radius 1 is 1.16 bits per heavy atom. The predicted molar refractivity (Wildman–Crippen MR) is 119 cm³/mol. The first-order valence-corrected chi connectivity index (χ1v) is 13.1. The quantitative estimate of drug-likeness (QED) is 0.669. The summed E-state index contributed by atoms with van der Waals surface area (Å²) in [6.07, 6.45) is 1.09. The van der Waals surface area contributed by atoms with E-state index in [0.717, 1.165) is 11.3 Å². The molecule has 3 aliphatic rings. The monoisotopic (exact) mass is 467 g/mol. The van der Waals surface area contributed by atoms with Crippen LogP contribution in [0.3, 0.4) is 0 Å². The Morgan fingerprint density at radius 2 is 1.84 bits per heavy atom. The van der Waals surface area contributed by atoms with Crippen molar-refractivity contribution in [2.75, 3.05) is 56.6 Å². The number of benzene rings is 1. The molecule has 8 nitrogen and oxygen atoms in total. The Kier molecular flexibility index (Phi) is 6.62. The third-order valence-electron chi connectivity index (χ3n) is 6.00. The summed E-state index contributed by atoms with van der Waals surface area (Å²) >= 11 is 1.37. The second kappa shape index (κ2) is 9.09. The number of anilines is 1. The van der Waals surface area contributed by atoms with Crippen LogP contribution in [0.15, 0.2) is 28.0 Å². The Balaban J connectivity index is 1.59. The van der Waals surface area contributed by atoms with Gasteiger partial charge in [0.05, 0.1) is 29.5 Å². The fourth-order valence-electron chi connectivity index (χ4n) is 4.55. The molecule has 0 spiro atoms. The van der Waals surface area contributed by atoms with Gasteiger partial charge in [-0.1, -0.05) is 13.8 Å². The molecule has 3 heterocycles. The van der Waals surface area contributed by atoms with Crippen molar-refractivity contribution in [1.29, 1.82) is 0 Å². The number of hydrogen-bond acceptors (Lipinski definition) is 6. The van der Waals surface area contributed by atoms with E-state index >= 15 is 0 Å². The summed E-state index contributed by atoms with van der Waals surface area (Å²) in [5, 5.41) is 0. The van der Waals surface area contributed by atoms with Gasteiger partial charge in [0.1, 0.15) is 6.54 Å². The van der Waals surface area contributed by atoms with E-state index in [1.54, 1.807) is 18.2 Å². The Hall–Kier alpha value is -1.62. The molecule has 31 heavy (non-hydrogen) atoms. The number of fused-ring (bicyclic) bond motifs is 1. The molecule has 1 aromatic carbocycles. The van der Waals surface area contributed by atoms with E-state index in [4.69, 9.17) is 4.74 Å². The smallest absolute Gasteiger partial charge is 0.243 e. The molecule has 2 saturated heterocycles. The average molecular weight is 468 g/mol. The first kappa shape index (κ1) is 22.6. The fraction of sp³-hybridized carbons (Fsp3) is 0.619. The molecule has 10 heteroatoms. The standard InChI is InChI=1S/C21H29N3O5S2/c1-15-9-16(2)12-22(11-15)20(25)13-24-18-10-17(3-4-19(18)30-14-21(24)26)31(27,28)23-5-7-29-8-6-23/h3-4,10,15-16H,5-9,11-14H2,1-2H3. The Morgan fingerprint density at radius 3 is 2.52 bits per heavy atom. The highest BCUT2D eigenvalue weighted by atomic mass is 32.2. The van der Waals surface area contributed by atoms with Crippen LogP contribution in [0.4, 0.5) is 5.69 Å². The molecule has 170 valence electrons. The highest BCUT2D eigenvalue weighted by molar-refractivity contribution is 8.00. The van der Waals surface area contributed by atoms with Crippen LogP contribution in [-0.4, -0.2) is 81.1 Å². The van der Waals surface area contributed by atoms with Crippen molar-refractivity contribution < 1.29 is 22.7 Å². The number of carbonyl (C=O) groups excluding carboxylic acids is 2. The first-order valence-electron chi connectivity index (χ1n) is 10.7. The summed E-state index contributed by atoms with van der Waals surface area (Å²) in [6, 6.07) is 4.86. The highest BCUT2D eigenvalue weighted by Crippen LogP contribution is 2.37. The van der Waals surface area contributed by atoms with E-state index in [-0.39, 0.29) is 29.0 Å². The maximum Gasteiger partial charge on any atom is 0.243 e. The maximum absolute atomic E-state index is 13.1. The van der Waals surface area contributed by atoms with Gasteiger partial charge in [0.25, 0.3) is 0 Å². The number of rotatable bonds is 4. The zero-order valence-electron chi connectivity index (χ0n) is 18.0. The zero-order valence-corrected chi connectivity index (χ0v) is 19.6. The van der Waals surface area contributed by atoms with Crippen LogP contribution in [0, 0.1) is 11.8 Å². The van der Waals surface area contributed by atoms with Gasteiger partial charge in [-0.05, 0) is 36.5 Å². The van der Waals surface area contributed by atoms with Gasteiger partial charge in [-0.25, -0.2) is 8.42 Å². The number of thioether (sulfide) groups is 1. The molecule has 2 unspecified atom stereocenters. The molecule has 2 amide bonds. The topological polar surface area (TPSA) is 87.2 Å². The fourth-order valence-corrected chi connectivity index (χ4v) is 6.90. The molecule has 4 rings (SSSR count). The molecule has 0 aliphatic carbocycles. The maximum atomic E-state index is 13.1. The first-order chi connectivity index (χ1) is 14.8. The lowest BCUT2D eigenvalue weighted by Crippen LogP contribution is -2.49. The highest BCUT2D eigenvalue weighted by Gasteiger charge is 2.33. The van der Waals surface area contributed by atoms with Gasteiger partial charge < -0.3 is 14.5 Å². The molecule has 2 fully saturated rings. The average Bonchev–Trinajstić information content (AvgIpc) is 2.75. The molecule has 0 radical (unpaired) electrons. The molecule has 1 aromatic rings. The lowest BCUT2D eigenvalue weighted by atomic mass is 9.92. The summed E-state index contributed by atoms with van der Waals surface area (Å²) in [7, 11) is -3.69. The Labute approximate surface area is 187 Å². The molecular weight excluding hydrogens is 438 g/mol. The minimum atomic E-state index is -3.69. The Bertz CT molecular complexity index is 952. The van der Waals surface area contributed by atoms with Gasteiger partial charge in [-0.15, -0.1) is 11.8 Å². The third-order valence-corrected chi connectivity index (χ3v) is 8.94. The molecule has 0 aromatic heterocycles. The summed E-state index contributed by atoms with van der Waals surface area (Å²) in [6.45, 7) is 6.94. The van der Waals surface area contributed by atoms with Crippen molar-refractivity contribution >= 4 is 39.3 Å². The number of carbonyl (C=O) groups is 2. The van der Waals surface area contributed by atoms with E-state index in [0.29, 0.717) is 56.9 Å². The number of ether oxygens (including phenoxy) is 1. The van der Waals surface area contributed by atoms with Crippen molar-refractivity contribution in [3.05, 3.63) is 18.2 Å². The number of likely N-dealkylation sites (tertiary alicyclic amines) is 1. The molecule has 2 atom stereocenters. The zero-order chi connectivity index (χ0) is 22.2. The summed E-state index contributed by atoms with van der Waals surface area (Å²) in [5.41, 5.74) is 0.502. The minimum Gasteiger partial charge on any atom is -0.379 e. The SMILES string of the molecule is CC1CC(C)CN(C(=O)CN2C(=O)CSc3ccc(S(=O)(=O)N4CCOCC4)cc32)C1. The van der Waals surface area contributed by atoms with Crippen LogP contribution in [-0.2, 0) is 24.3 Å². The molecule has 3 aliphatic heterocycles. The number of nitrogens with zero attached hydrogens (tertiary/aromatic N) is 3. The van der Waals surface area contributed by atoms with Crippen LogP contribution < -0.4 is 4.90 Å². The number of morpholine rings is 1. The lowest BCUT2D eigenvalue weighted by Gasteiger charge is -2.37. The number of piperidine rings is 1. The van der Waals surface area contributed by atoms with Gasteiger partial charge in [-0.2, -0.15) is 4.31 Å². The van der Waals surface area contributed by atoms with Crippen molar-refractivity contribution in [2.45, 2.75) is 30.1 Å². The van der Waals surface area contributed by atoms with Crippen molar-refractivity contribution in [3.63, 3.8) is 0 Å². The molecule has 0 saturated carbocycles. The van der Waals surface area contributed by atoms with Gasteiger partial charge >= 0.3 is 0 Å². The number of amides is 2. The van der Waals surface area contributed by atoms with Crippen molar-refractivity contribution in [3.8, 4) is 0 Å². The van der Waals surface area contributed by atoms with E-state index in [1.165, 1.54) is 21.0 Å². The number of hydrogen-bond donors (Lipinski definition) is 0. The van der Waals surface area contributed by atoms with Crippen LogP contribution in [0.1, 0.15) is 20.3 Å². The van der Waals surface area contributed by atoms with E-state index in [1.807, 2.05) is 4.90 Å². The molecule has 0 N–H and O–H groups in total. The van der Waals surface area contributed by atoms with Gasteiger partial charge in [0, 0.05) is 31.1 Å². The van der Waals surface area contributed by atoms with Crippen molar-refractivity contribution in [2.24, 2.45) is 11.8 Å². The molecular formula is C21H29N3O5S2. The van der Waals surface area contributed by atoms with E-state index in [2.05, 4.69) is 13.8 Å². The second-order valence-corrected chi connectivity index (χ2v) is 11.6. The summed E-state index contributed by atoms with van der Waals surface area (Å²) in [4.78, 5) is 30.0. The van der Waals surface area contributed by atoms with Crippen LogP contribution in [0.2, 0.25) is 0 Å². The second-order valence-electron chi connectivity index (χ2n) is 8.66. The number of sulfonamides is 1. The minimum absolute atomic E-state index is 0.0626. The summed E-state index contributed by atoms with van der Waals surface area (Å²) in [5.74, 6) is 0.828. The van der Waals surface area contributed by atoms with Crippen LogP contribution in [0.25, 0.3) is 0 Å². The van der Waals surface area contributed by atoms with E-state index < -0.39 is 10.0 Å².